The molecule has 8 heteroatoms. The summed E-state index contributed by atoms with van der Waals surface area (Å²) in [6.45, 7) is 4.11. The minimum Gasteiger partial charge on any atom is -0.455 e. The van der Waals surface area contributed by atoms with Crippen molar-refractivity contribution in [3.63, 3.8) is 0 Å². The van der Waals surface area contributed by atoms with Gasteiger partial charge in [0.2, 0.25) is 5.82 Å². The van der Waals surface area contributed by atoms with Crippen LogP contribution in [0.3, 0.4) is 0 Å². The lowest BCUT2D eigenvalue weighted by Gasteiger charge is -2.05. The SMILES string of the molecule is CC(C)c1ccc(-c2noc(COC(=O)Cc3n[nH]c(=O)c4ccccc34)n2)cc1. The summed E-state index contributed by atoms with van der Waals surface area (Å²) < 4.78 is 10.4. The number of H-pyrrole nitrogens is 1. The van der Waals surface area contributed by atoms with Crippen molar-refractivity contribution in [2.24, 2.45) is 0 Å². The number of carbonyl (C=O) groups excluding carboxylic acids is 1. The Kier molecular flexibility index (Phi) is 5.38. The highest BCUT2D eigenvalue weighted by Gasteiger charge is 2.14. The highest BCUT2D eigenvalue weighted by molar-refractivity contribution is 5.86. The third-order valence-electron chi connectivity index (χ3n) is 4.75. The number of aromatic amines is 1. The van der Waals surface area contributed by atoms with Crippen molar-refractivity contribution in [2.75, 3.05) is 0 Å². The van der Waals surface area contributed by atoms with Crippen molar-refractivity contribution in [2.45, 2.75) is 32.8 Å². The lowest BCUT2D eigenvalue weighted by atomic mass is 10.0. The Labute approximate surface area is 171 Å². The summed E-state index contributed by atoms with van der Waals surface area (Å²) in [4.78, 5) is 28.4. The number of fused-ring (bicyclic) bond motifs is 1. The normalized spacial score (nSPS) is 11.2. The minimum absolute atomic E-state index is 0.0883. The van der Waals surface area contributed by atoms with Gasteiger partial charge in [0.25, 0.3) is 11.4 Å². The monoisotopic (exact) mass is 404 g/mol. The Balaban J connectivity index is 1.40. The molecule has 152 valence electrons. The van der Waals surface area contributed by atoms with Crippen molar-refractivity contribution in [1.29, 1.82) is 0 Å². The molecule has 0 atom stereocenters. The summed E-state index contributed by atoms with van der Waals surface area (Å²) >= 11 is 0. The number of hydrogen-bond donors (Lipinski definition) is 1. The zero-order valence-electron chi connectivity index (χ0n) is 16.6. The molecule has 0 spiro atoms. The van der Waals surface area contributed by atoms with E-state index in [4.69, 9.17) is 9.26 Å². The molecule has 0 saturated carbocycles. The maximum absolute atomic E-state index is 12.2. The van der Waals surface area contributed by atoms with Gasteiger partial charge >= 0.3 is 5.97 Å². The van der Waals surface area contributed by atoms with Gasteiger partial charge in [-0.3, -0.25) is 9.59 Å². The maximum atomic E-state index is 12.2. The molecule has 4 rings (SSSR count). The van der Waals surface area contributed by atoms with Crippen LogP contribution in [0.1, 0.15) is 36.9 Å². The molecule has 4 aromatic rings. The summed E-state index contributed by atoms with van der Waals surface area (Å²) in [5.74, 6) is 0.560. The van der Waals surface area contributed by atoms with Crippen LogP contribution in [0.15, 0.2) is 57.8 Å². The number of benzene rings is 2. The zero-order valence-corrected chi connectivity index (χ0v) is 16.6. The van der Waals surface area contributed by atoms with Crippen LogP contribution in [-0.4, -0.2) is 26.3 Å². The third kappa shape index (κ3) is 4.12. The molecule has 2 heterocycles. The summed E-state index contributed by atoms with van der Waals surface area (Å²) in [5, 5.41) is 11.4. The van der Waals surface area contributed by atoms with Gasteiger partial charge in [0.05, 0.1) is 17.5 Å². The molecule has 0 fully saturated rings. The summed E-state index contributed by atoms with van der Waals surface area (Å²) in [6.07, 6.45) is -0.0883. The van der Waals surface area contributed by atoms with Crippen LogP contribution in [0.25, 0.3) is 22.2 Å². The van der Waals surface area contributed by atoms with Crippen LogP contribution in [0.4, 0.5) is 0 Å². The molecule has 0 aliphatic rings. The Morgan fingerprint density at radius 1 is 1.10 bits per heavy atom. The van der Waals surface area contributed by atoms with E-state index in [-0.39, 0.29) is 24.5 Å². The fourth-order valence-corrected chi connectivity index (χ4v) is 3.08. The first-order valence-corrected chi connectivity index (χ1v) is 9.56. The van der Waals surface area contributed by atoms with Crippen LogP contribution in [-0.2, 0) is 22.6 Å². The molecular formula is C22H20N4O4. The van der Waals surface area contributed by atoms with E-state index in [9.17, 15) is 9.59 Å². The van der Waals surface area contributed by atoms with Crippen LogP contribution >= 0.6 is 0 Å². The van der Waals surface area contributed by atoms with Crippen LogP contribution in [0.2, 0.25) is 0 Å². The van der Waals surface area contributed by atoms with Crippen LogP contribution < -0.4 is 5.56 Å². The number of hydrogen-bond acceptors (Lipinski definition) is 7. The molecule has 0 radical (unpaired) electrons. The first-order chi connectivity index (χ1) is 14.5. The average molecular weight is 404 g/mol. The quantitative estimate of drug-likeness (QED) is 0.490. The zero-order chi connectivity index (χ0) is 21.1. The Morgan fingerprint density at radius 2 is 1.83 bits per heavy atom. The van der Waals surface area contributed by atoms with Crippen molar-refractivity contribution >= 4 is 16.7 Å². The number of aromatic nitrogens is 4. The van der Waals surface area contributed by atoms with Crippen LogP contribution in [0, 0.1) is 0 Å². The molecule has 8 nitrogen and oxygen atoms in total. The van der Waals surface area contributed by atoms with Crippen molar-refractivity contribution in [3.8, 4) is 11.4 Å². The fraction of sp³-hybridized carbons (Fsp3) is 0.227. The van der Waals surface area contributed by atoms with Gasteiger partial charge in [-0.1, -0.05) is 61.5 Å². The Bertz CT molecular complexity index is 1240. The number of carbonyl (C=O) groups is 1. The van der Waals surface area contributed by atoms with Crippen molar-refractivity contribution < 1.29 is 14.1 Å². The molecule has 0 saturated heterocycles. The minimum atomic E-state index is -0.513. The average Bonchev–Trinajstić information content (AvgIpc) is 3.24. The number of rotatable bonds is 6. The van der Waals surface area contributed by atoms with Gasteiger partial charge in [-0.2, -0.15) is 10.1 Å². The van der Waals surface area contributed by atoms with Gasteiger partial charge in [-0.05, 0) is 17.5 Å². The lowest BCUT2D eigenvalue weighted by molar-refractivity contribution is -0.144. The van der Waals surface area contributed by atoms with E-state index in [1.54, 1.807) is 24.3 Å². The molecule has 1 N–H and O–H groups in total. The van der Waals surface area contributed by atoms with Crippen LogP contribution in [0.5, 0.6) is 0 Å². The summed E-state index contributed by atoms with van der Waals surface area (Å²) in [5.41, 5.74) is 2.18. The number of nitrogens with one attached hydrogen (secondary N) is 1. The molecule has 0 unspecified atom stereocenters. The van der Waals surface area contributed by atoms with Gasteiger partial charge < -0.3 is 9.26 Å². The van der Waals surface area contributed by atoms with Gasteiger partial charge in [0, 0.05) is 10.9 Å². The van der Waals surface area contributed by atoms with E-state index < -0.39 is 5.97 Å². The first-order valence-electron chi connectivity index (χ1n) is 9.56. The van der Waals surface area contributed by atoms with Crippen molar-refractivity contribution in [1.82, 2.24) is 20.3 Å². The van der Waals surface area contributed by atoms with E-state index in [1.165, 1.54) is 5.56 Å². The summed E-state index contributed by atoms with van der Waals surface area (Å²) in [6, 6.07) is 14.9. The number of esters is 1. The van der Waals surface area contributed by atoms with E-state index in [0.29, 0.717) is 28.2 Å². The molecule has 2 aromatic heterocycles. The second-order valence-corrected chi connectivity index (χ2v) is 7.17. The van der Waals surface area contributed by atoms with Crippen molar-refractivity contribution in [3.05, 3.63) is 76.0 Å². The maximum Gasteiger partial charge on any atom is 0.312 e. The molecule has 0 amide bonds. The highest BCUT2D eigenvalue weighted by Crippen LogP contribution is 2.21. The van der Waals surface area contributed by atoms with Gasteiger partial charge in [0.15, 0.2) is 6.61 Å². The molecular weight excluding hydrogens is 384 g/mol. The topological polar surface area (TPSA) is 111 Å². The van der Waals surface area contributed by atoms with Gasteiger partial charge in [0.1, 0.15) is 0 Å². The Hall–Kier alpha value is -3.81. The van der Waals surface area contributed by atoms with Gasteiger partial charge in [-0.25, -0.2) is 5.10 Å². The largest absolute Gasteiger partial charge is 0.455 e. The smallest absolute Gasteiger partial charge is 0.312 e. The molecule has 0 aliphatic heterocycles. The van der Waals surface area contributed by atoms with E-state index in [1.807, 2.05) is 24.3 Å². The fourth-order valence-electron chi connectivity index (χ4n) is 3.08. The molecule has 30 heavy (non-hydrogen) atoms. The molecule has 0 aliphatic carbocycles. The second-order valence-electron chi connectivity index (χ2n) is 7.17. The standard InChI is InChI=1S/C22H20N4O4/c1-13(2)14-7-9-15(10-8-14)21-23-19(30-26-21)12-29-20(27)11-18-16-5-3-4-6-17(16)22(28)25-24-18/h3-10,13H,11-12H2,1-2H3,(H,25,28). The highest BCUT2D eigenvalue weighted by atomic mass is 16.6. The van der Waals surface area contributed by atoms with E-state index in [2.05, 4.69) is 34.2 Å². The number of nitrogens with zero attached hydrogens (tertiary/aromatic N) is 3. The predicted octanol–water partition coefficient (Wildman–Crippen LogP) is 3.38. The molecule has 0 bridgehead atoms. The Morgan fingerprint density at radius 3 is 2.57 bits per heavy atom. The lowest BCUT2D eigenvalue weighted by Crippen LogP contribution is -2.15. The van der Waals surface area contributed by atoms with E-state index in [0.717, 1.165) is 5.56 Å². The van der Waals surface area contributed by atoms with E-state index >= 15 is 0 Å². The predicted molar refractivity (Wildman–Crippen MR) is 110 cm³/mol. The second kappa shape index (κ2) is 8.28. The first kappa shape index (κ1) is 19.5. The summed E-state index contributed by atoms with van der Waals surface area (Å²) in [7, 11) is 0. The molecule has 2 aromatic carbocycles. The van der Waals surface area contributed by atoms with Gasteiger partial charge in [-0.15, -0.1) is 0 Å². The number of ether oxygens (including phenoxy) is 1. The third-order valence-corrected chi connectivity index (χ3v) is 4.75.